The fourth-order valence-electron chi connectivity index (χ4n) is 4.16. The lowest BCUT2D eigenvalue weighted by Gasteiger charge is -2.21. The highest BCUT2D eigenvalue weighted by molar-refractivity contribution is 5.75. The third kappa shape index (κ3) is 4.07. The van der Waals surface area contributed by atoms with Crippen LogP contribution in [0, 0.1) is 0 Å². The zero-order chi connectivity index (χ0) is 19.5. The molecule has 1 saturated carbocycles. The number of amides is 1. The minimum atomic E-state index is -0.469. The van der Waals surface area contributed by atoms with E-state index in [1.807, 2.05) is 24.3 Å². The molecule has 3 N–H and O–H groups in total. The summed E-state index contributed by atoms with van der Waals surface area (Å²) in [5.74, 6) is 2.42. The molecule has 1 aliphatic carbocycles. The van der Waals surface area contributed by atoms with Crippen LogP contribution in [0.2, 0.25) is 0 Å². The number of hydrogen-bond donors (Lipinski definition) is 2. The molecule has 3 atom stereocenters. The average molecular weight is 382 g/mol. The Morgan fingerprint density at radius 1 is 1.21 bits per heavy atom. The maximum atomic E-state index is 10.8. The van der Waals surface area contributed by atoms with Crippen LogP contribution in [0.25, 0.3) is 0 Å². The van der Waals surface area contributed by atoms with Crippen LogP contribution in [0.1, 0.15) is 49.3 Å². The van der Waals surface area contributed by atoms with Crippen LogP contribution in [0.15, 0.2) is 42.5 Å². The van der Waals surface area contributed by atoms with Gasteiger partial charge in [0.05, 0.1) is 0 Å². The molecule has 6 nitrogen and oxygen atoms in total. The second kappa shape index (κ2) is 8.10. The lowest BCUT2D eigenvalue weighted by Crippen LogP contribution is -2.29. The van der Waals surface area contributed by atoms with Gasteiger partial charge >= 0.3 is 0 Å². The topological polar surface area (TPSA) is 82.8 Å². The lowest BCUT2D eigenvalue weighted by molar-refractivity contribution is -0.119. The van der Waals surface area contributed by atoms with Gasteiger partial charge in [-0.3, -0.25) is 4.79 Å². The van der Waals surface area contributed by atoms with E-state index in [-0.39, 0.29) is 12.6 Å². The number of primary amides is 1. The fraction of sp³-hybridized carbons (Fsp3) is 0.409. The van der Waals surface area contributed by atoms with Crippen molar-refractivity contribution in [2.75, 3.05) is 13.4 Å². The molecule has 1 amide bonds. The summed E-state index contributed by atoms with van der Waals surface area (Å²) in [6.07, 6.45) is 3.39. The van der Waals surface area contributed by atoms with Gasteiger partial charge in [-0.25, -0.2) is 0 Å². The zero-order valence-corrected chi connectivity index (χ0v) is 16.0. The van der Waals surface area contributed by atoms with E-state index in [4.69, 9.17) is 19.9 Å². The van der Waals surface area contributed by atoms with Crippen molar-refractivity contribution in [3.8, 4) is 17.2 Å². The first-order valence-electron chi connectivity index (χ1n) is 9.76. The predicted molar refractivity (Wildman–Crippen MR) is 106 cm³/mol. The van der Waals surface area contributed by atoms with Crippen LogP contribution < -0.4 is 25.3 Å². The second-order valence-electron chi connectivity index (χ2n) is 7.50. The van der Waals surface area contributed by atoms with Gasteiger partial charge in [-0.05, 0) is 55.9 Å². The molecule has 6 heteroatoms. The number of benzene rings is 2. The Labute approximate surface area is 165 Å². The number of carbonyl (C=O) groups excluding carboxylic acids is 1. The SMILES string of the molecule is CC(NC1CCC(c2ccc(OCC(N)=O)cc2)C1)c1cccc2c1OCO2. The maximum Gasteiger partial charge on any atom is 0.255 e. The van der Waals surface area contributed by atoms with Crippen molar-refractivity contribution >= 4 is 5.91 Å². The number of ether oxygens (including phenoxy) is 3. The number of nitrogens with one attached hydrogen (secondary N) is 1. The molecule has 2 aliphatic rings. The molecule has 1 heterocycles. The Morgan fingerprint density at radius 2 is 2.04 bits per heavy atom. The first kappa shape index (κ1) is 18.6. The van der Waals surface area contributed by atoms with Gasteiger partial charge in [0, 0.05) is 17.6 Å². The largest absolute Gasteiger partial charge is 0.484 e. The Hall–Kier alpha value is -2.73. The Morgan fingerprint density at radius 3 is 2.82 bits per heavy atom. The summed E-state index contributed by atoms with van der Waals surface area (Å²) >= 11 is 0. The van der Waals surface area contributed by atoms with Crippen LogP contribution in [0.4, 0.5) is 0 Å². The molecular weight excluding hydrogens is 356 g/mol. The van der Waals surface area contributed by atoms with E-state index in [9.17, 15) is 4.79 Å². The van der Waals surface area contributed by atoms with E-state index in [0.29, 0.717) is 24.5 Å². The summed E-state index contributed by atoms with van der Waals surface area (Å²) in [5, 5.41) is 3.76. The molecule has 28 heavy (non-hydrogen) atoms. The van der Waals surface area contributed by atoms with Gasteiger partial charge in [-0.1, -0.05) is 24.3 Å². The third-order valence-electron chi connectivity index (χ3n) is 5.54. The van der Waals surface area contributed by atoms with E-state index >= 15 is 0 Å². The van der Waals surface area contributed by atoms with Gasteiger partial charge in [-0.15, -0.1) is 0 Å². The number of rotatable bonds is 7. The van der Waals surface area contributed by atoms with E-state index in [2.05, 4.69) is 30.4 Å². The maximum absolute atomic E-state index is 10.8. The van der Waals surface area contributed by atoms with Crippen molar-refractivity contribution < 1.29 is 19.0 Å². The quantitative estimate of drug-likeness (QED) is 0.768. The van der Waals surface area contributed by atoms with Crippen LogP contribution in [0.3, 0.4) is 0 Å². The number of fused-ring (bicyclic) bond motifs is 1. The van der Waals surface area contributed by atoms with Gasteiger partial charge in [0.15, 0.2) is 18.1 Å². The van der Waals surface area contributed by atoms with Crippen LogP contribution in [-0.2, 0) is 4.79 Å². The molecule has 2 aromatic rings. The smallest absolute Gasteiger partial charge is 0.255 e. The molecule has 0 spiro atoms. The highest BCUT2D eigenvalue weighted by atomic mass is 16.7. The average Bonchev–Trinajstić information content (AvgIpc) is 3.35. The van der Waals surface area contributed by atoms with E-state index in [0.717, 1.165) is 36.3 Å². The molecule has 2 aromatic carbocycles. The molecule has 0 radical (unpaired) electrons. The van der Waals surface area contributed by atoms with Crippen molar-refractivity contribution in [2.45, 2.75) is 44.2 Å². The summed E-state index contributed by atoms with van der Waals surface area (Å²) in [5.41, 5.74) is 7.56. The summed E-state index contributed by atoms with van der Waals surface area (Å²) in [6.45, 7) is 2.38. The van der Waals surface area contributed by atoms with Crippen molar-refractivity contribution in [2.24, 2.45) is 5.73 Å². The zero-order valence-electron chi connectivity index (χ0n) is 16.0. The molecule has 1 fully saturated rings. The number of nitrogens with two attached hydrogens (primary N) is 1. The predicted octanol–water partition coefficient (Wildman–Crippen LogP) is 3.27. The molecule has 0 aromatic heterocycles. The summed E-state index contributed by atoms with van der Waals surface area (Å²) < 4.78 is 16.5. The van der Waals surface area contributed by atoms with Gasteiger partial charge in [0.2, 0.25) is 6.79 Å². The fourth-order valence-corrected chi connectivity index (χ4v) is 4.16. The van der Waals surface area contributed by atoms with Crippen molar-refractivity contribution in [3.63, 3.8) is 0 Å². The minimum Gasteiger partial charge on any atom is -0.484 e. The molecule has 4 rings (SSSR count). The molecule has 3 unspecified atom stereocenters. The summed E-state index contributed by atoms with van der Waals surface area (Å²) in [4.78, 5) is 10.8. The second-order valence-corrected chi connectivity index (χ2v) is 7.50. The van der Waals surface area contributed by atoms with Gasteiger partial charge in [0.25, 0.3) is 5.91 Å². The lowest BCUT2D eigenvalue weighted by atomic mass is 9.97. The van der Waals surface area contributed by atoms with Crippen molar-refractivity contribution in [1.29, 1.82) is 0 Å². The molecule has 0 saturated heterocycles. The Balaban J connectivity index is 1.34. The first-order chi connectivity index (χ1) is 13.6. The Kier molecular flexibility index (Phi) is 5.39. The normalized spacial score (nSPS) is 21.5. The third-order valence-corrected chi connectivity index (χ3v) is 5.54. The van der Waals surface area contributed by atoms with Crippen LogP contribution in [-0.4, -0.2) is 25.3 Å². The van der Waals surface area contributed by atoms with Crippen molar-refractivity contribution in [1.82, 2.24) is 5.32 Å². The van der Waals surface area contributed by atoms with E-state index < -0.39 is 5.91 Å². The van der Waals surface area contributed by atoms with E-state index in [1.165, 1.54) is 5.56 Å². The van der Waals surface area contributed by atoms with E-state index in [1.54, 1.807) is 0 Å². The summed E-state index contributed by atoms with van der Waals surface area (Å²) in [7, 11) is 0. The van der Waals surface area contributed by atoms with Crippen LogP contribution in [0.5, 0.6) is 17.2 Å². The minimum absolute atomic E-state index is 0.0927. The summed E-state index contributed by atoms with van der Waals surface area (Å²) in [6, 6.07) is 14.7. The van der Waals surface area contributed by atoms with Gasteiger partial charge in [-0.2, -0.15) is 0 Å². The number of carbonyl (C=O) groups is 1. The van der Waals surface area contributed by atoms with Crippen LogP contribution >= 0.6 is 0 Å². The molecule has 0 bridgehead atoms. The molecular formula is C22H26N2O4. The highest BCUT2D eigenvalue weighted by Crippen LogP contribution is 2.40. The highest BCUT2D eigenvalue weighted by Gasteiger charge is 2.28. The monoisotopic (exact) mass is 382 g/mol. The molecule has 1 aliphatic heterocycles. The first-order valence-corrected chi connectivity index (χ1v) is 9.76. The van der Waals surface area contributed by atoms with Gasteiger partial charge < -0.3 is 25.3 Å². The Bertz CT molecular complexity index is 837. The standard InChI is InChI=1S/C22H26N2O4/c1-14(19-3-2-4-20-22(19)28-13-27-20)24-17-8-5-16(11-17)15-6-9-18(10-7-15)26-12-21(23)25/h2-4,6-7,9-10,14,16-17,24H,5,8,11-13H2,1H3,(H2,23,25). The van der Waals surface area contributed by atoms with Gasteiger partial charge in [0.1, 0.15) is 5.75 Å². The number of para-hydroxylation sites is 1. The van der Waals surface area contributed by atoms with Crippen molar-refractivity contribution in [3.05, 3.63) is 53.6 Å². The molecule has 148 valence electrons. The number of hydrogen-bond acceptors (Lipinski definition) is 5.